The van der Waals surface area contributed by atoms with Crippen LogP contribution in [0.4, 0.5) is 10.1 Å². The first-order chi connectivity index (χ1) is 12.5. The summed E-state index contributed by atoms with van der Waals surface area (Å²) in [5.74, 6) is -2.37. The highest BCUT2D eigenvalue weighted by atomic mass is 19.1. The first-order valence-corrected chi connectivity index (χ1v) is 7.42. The lowest BCUT2D eigenvalue weighted by atomic mass is 10.2. The fourth-order valence-corrected chi connectivity index (χ4v) is 2.24. The molecule has 1 heterocycles. The largest absolute Gasteiger partial charge is 0.380 e. The third-order valence-corrected chi connectivity index (χ3v) is 3.52. The molecule has 0 saturated carbocycles. The lowest BCUT2D eigenvalue weighted by Crippen LogP contribution is -2.29. The molecule has 2 amide bonds. The van der Waals surface area contributed by atoms with Crippen LogP contribution >= 0.6 is 0 Å². The summed E-state index contributed by atoms with van der Waals surface area (Å²) in [6.07, 6.45) is 2.28. The van der Waals surface area contributed by atoms with Crippen LogP contribution in [-0.4, -0.2) is 23.6 Å². The minimum Gasteiger partial charge on any atom is -0.380 e. The fourth-order valence-electron chi connectivity index (χ4n) is 2.24. The molecule has 1 aliphatic heterocycles. The number of rotatable bonds is 4. The van der Waals surface area contributed by atoms with E-state index in [1.54, 1.807) is 0 Å². The van der Waals surface area contributed by atoms with Gasteiger partial charge in [-0.05, 0) is 42.5 Å². The molecule has 1 aliphatic rings. The zero-order valence-corrected chi connectivity index (χ0v) is 13.3. The van der Waals surface area contributed by atoms with Crippen molar-refractivity contribution in [2.75, 3.05) is 4.90 Å². The predicted molar refractivity (Wildman–Crippen MR) is 90.6 cm³/mol. The molecule has 130 valence electrons. The third-order valence-electron chi connectivity index (χ3n) is 3.52. The molecule has 7 nitrogen and oxygen atoms in total. The van der Waals surface area contributed by atoms with Crippen molar-refractivity contribution in [1.29, 1.82) is 0 Å². The SMILES string of the molecule is N/C(=N\OC(=O)c1cccc(N2C(=O)C=CC2=O)c1)c1ccc(F)cc1. The maximum Gasteiger partial charge on any atom is 0.365 e. The minimum absolute atomic E-state index is 0.0747. The Hall–Kier alpha value is -3.81. The summed E-state index contributed by atoms with van der Waals surface area (Å²) in [7, 11) is 0. The molecule has 2 N–H and O–H groups in total. The third kappa shape index (κ3) is 3.48. The lowest BCUT2D eigenvalue weighted by molar-refractivity contribution is -0.119. The Labute approximate surface area is 147 Å². The van der Waals surface area contributed by atoms with E-state index >= 15 is 0 Å². The van der Waals surface area contributed by atoms with Crippen molar-refractivity contribution < 1.29 is 23.6 Å². The van der Waals surface area contributed by atoms with Crippen LogP contribution in [0, 0.1) is 5.82 Å². The number of carbonyl (C=O) groups excluding carboxylic acids is 3. The van der Waals surface area contributed by atoms with Gasteiger partial charge in [-0.25, -0.2) is 14.1 Å². The van der Waals surface area contributed by atoms with Crippen molar-refractivity contribution in [3.8, 4) is 0 Å². The van der Waals surface area contributed by atoms with Crippen LogP contribution in [-0.2, 0) is 14.4 Å². The van der Waals surface area contributed by atoms with Gasteiger partial charge in [0.1, 0.15) is 5.82 Å². The van der Waals surface area contributed by atoms with Gasteiger partial charge in [-0.15, -0.1) is 0 Å². The Balaban J connectivity index is 1.75. The van der Waals surface area contributed by atoms with E-state index in [-0.39, 0.29) is 17.1 Å². The van der Waals surface area contributed by atoms with Crippen LogP contribution in [0.15, 0.2) is 65.8 Å². The number of halogens is 1. The summed E-state index contributed by atoms with van der Waals surface area (Å²) in [6.45, 7) is 0. The maximum absolute atomic E-state index is 12.9. The van der Waals surface area contributed by atoms with Gasteiger partial charge in [0.15, 0.2) is 5.84 Å². The fraction of sp³-hybridized carbons (Fsp3) is 0. The van der Waals surface area contributed by atoms with Crippen LogP contribution in [0.25, 0.3) is 0 Å². The number of nitrogens with zero attached hydrogens (tertiary/aromatic N) is 2. The van der Waals surface area contributed by atoms with E-state index in [2.05, 4.69) is 5.16 Å². The first-order valence-electron chi connectivity index (χ1n) is 7.42. The average molecular weight is 353 g/mol. The van der Waals surface area contributed by atoms with Gasteiger partial charge in [0.25, 0.3) is 11.8 Å². The highest BCUT2D eigenvalue weighted by molar-refractivity contribution is 6.28. The Kier molecular flexibility index (Phi) is 4.57. The first kappa shape index (κ1) is 17.0. The Morgan fingerprint density at radius 2 is 1.65 bits per heavy atom. The zero-order valence-electron chi connectivity index (χ0n) is 13.3. The van der Waals surface area contributed by atoms with E-state index in [1.807, 2.05) is 0 Å². The summed E-state index contributed by atoms with van der Waals surface area (Å²) in [5, 5.41) is 3.52. The second kappa shape index (κ2) is 6.98. The van der Waals surface area contributed by atoms with E-state index in [0.29, 0.717) is 5.56 Å². The molecular formula is C18H12FN3O4. The molecule has 0 aliphatic carbocycles. The van der Waals surface area contributed by atoms with E-state index in [0.717, 1.165) is 17.1 Å². The van der Waals surface area contributed by atoms with Crippen LogP contribution < -0.4 is 10.6 Å². The minimum atomic E-state index is -0.830. The molecule has 0 saturated heterocycles. The van der Waals surface area contributed by atoms with Crippen molar-refractivity contribution in [1.82, 2.24) is 0 Å². The predicted octanol–water partition coefficient (Wildman–Crippen LogP) is 1.73. The highest BCUT2D eigenvalue weighted by Gasteiger charge is 2.25. The number of benzene rings is 2. The maximum atomic E-state index is 12.9. The number of hydrogen-bond donors (Lipinski definition) is 1. The molecule has 0 aromatic heterocycles. The van der Waals surface area contributed by atoms with Crippen LogP contribution in [0.1, 0.15) is 15.9 Å². The Bertz CT molecular complexity index is 933. The molecule has 0 spiro atoms. The van der Waals surface area contributed by atoms with Gasteiger partial charge in [-0.3, -0.25) is 9.59 Å². The molecule has 8 heteroatoms. The Morgan fingerprint density at radius 3 is 2.31 bits per heavy atom. The topological polar surface area (TPSA) is 102 Å². The molecule has 0 bridgehead atoms. The molecule has 0 fully saturated rings. The smallest absolute Gasteiger partial charge is 0.365 e. The summed E-state index contributed by atoms with van der Waals surface area (Å²) < 4.78 is 12.9. The summed E-state index contributed by atoms with van der Waals surface area (Å²) in [6, 6.07) is 10.9. The van der Waals surface area contributed by atoms with E-state index in [9.17, 15) is 18.8 Å². The second-order valence-corrected chi connectivity index (χ2v) is 5.26. The molecular weight excluding hydrogens is 341 g/mol. The monoisotopic (exact) mass is 353 g/mol. The van der Waals surface area contributed by atoms with Gasteiger partial charge in [-0.1, -0.05) is 11.2 Å². The highest BCUT2D eigenvalue weighted by Crippen LogP contribution is 2.20. The number of hydrogen-bond acceptors (Lipinski definition) is 5. The van der Waals surface area contributed by atoms with Gasteiger partial charge in [0.2, 0.25) is 0 Å². The number of amides is 2. The summed E-state index contributed by atoms with van der Waals surface area (Å²) in [4.78, 5) is 41.2. The zero-order chi connectivity index (χ0) is 18.7. The number of imide groups is 1. The van der Waals surface area contributed by atoms with E-state index < -0.39 is 23.6 Å². The van der Waals surface area contributed by atoms with Crippen LogP contribution in [0.3, 0.4) is 0 Å². The van der Waals surface area contributed by atoms with Crippen molar-refractivity contribution in [2.24, 2.45) is 10.9 Å². The Morgan fingerprint density at radius 1 is 1.00 bits per heavy atom. The van der Waals surface area contributed by atoms with Crippen molar-refractivity contribution >= 4 is 29.3 Å². The summed E-state index contributed by atoms with van der Waals surface area (Å²) in [5.41, 5.74) is 6.37. The lowest BCUT2D eigenvalue weighted by Gasteiger charge is -2.14. The van der Waals surface area contributed by atoms with Crippen LogP contribution in [0.5, 0.6) is 0 Å². The number of oxime groups is 1. The molecule has 26 heavy (non-hydrogen) atoms. The standard InChI is InChI=1S/C18H12FN3O4/c19-13-6-4-11(5-7-13)17(20)21-26-18(25)12-2-1-3-14(10-12)22-15(23)8-9-16(22)24/h1-10H,(H2,20,21). The number of nitrogens with two attached hydrogens (primary N) is 1. The average Bonchev–Trinajstić information content (AvgIpc) is 2.98. The van der Waals surface area contributed by atoms with Crippen molar-refractivity contribution in [3.63, 3.8) is 0 Å². The molecule has 2 aromatic rings. The number of amidine groups is 1. The van der Waals surface area contributed by atoms with Gasteiger partial charge >= 0.3 is 5.97 Å². The van der Waals surface area contributed by atoms with Crippen LogP contribution in [0.2, 0.25) is 0 Å². The van der Waals surface area contributed by atoms with Crippen molar-refractivity contribution in [3.05, 3.63) is 77.6 Å². The van der Waals surface area contributed by atoms with Gasteiger partial charge in [0, 0.05) is 17.7 Å². The molecule has 0 unspecified atom stereocenters. The second-order valence-electron chi connectivity index (χ2n) is 5.26. The van der Waals surface area contributed by atoms with Crippen molar-refractivity contribution in [2.45, 2.75) is 0 Å². The normalized spacial score (nSPS) is 14.0. The van der Waals surface area contributed by atoms with E-state index in [1.165, 1.54) is 48.5 Å². The van der Waals surface area contributed by atoms with E-state index in [4.69, 9.17) is 10.6 Å². The van der Waals surface area contributed by atoms with Gasteiger partial charge < -0.3 is 10.6 Å². The molecule has 2 aromatic carbocycles. The number of carbonyl (C=O) groups is 3. The summed E-state index contributed by atoms with van der Waals surface area (Å²) >= 11 is 0. The van der Waals surface area contributed by atoms with Gasteiger partial charge in [0.05, 0.1) is 11.3 Å². The molecule has 3 rings (SSSR count). The van der Waals surface area contributed by atoms with Gasteiger partial charge in [-0.2, -0.15) is 0 Å². The molecule has 0 radical (unpaired) electrons. The molecule has 0 atom stereocenters. The number of anilines is 1. The quantitative estimate of drug-likeness (QED) is 0.296.